The molecule has 0 aliphatic carbocycles. The van der Waals surface area contributed by atoms with Gasteiger partial charge >= 0.3 is 56.3 Å². The van der Waals surface area contributed by atoms with Crippen molar-refractivity contribution in [3.63, 3.8) is 0 Å². The van der Waals surface area contributed by atoms with Crippen molar-refractivity contribution in [3.05, 3.63) is 287 Å². The van der Waals surface area contributed by atoms with Crippen LogP contribution in [-0.4, -0.2) is 99.4 Å². The smallest absolute Gasteiger partial charge is 0.343 e. The molecule has 22 nitrogen and oxygen atoms in total. The van der Waals surface area contributed by atoms with Gasteiger partial charge in [0, 0.05) is 12.1 Å². The molecule has 0 fully saturated rings. The highest BCUT2D eigenvalue weighted by atomic mass is 28.5. The molecule has 25 heteroatoms. The molecule has 728 valence electrons. The summed E-state index contributed by atoms with van der Waals surface area (Å²) in [6, 6.07) is 65.7. The van der Waals surface area contributed by atoms with Gasteiger partial charge in [-0.3, -0.25) is 0 Å². The third kappa shape index (κ3) is 40.1. The summed E-state index contributed by atoms with van der Waals surface area (Å²) in [4.78, 5) is 104. The standard InChI is InChI=1S/C112H136O22Si3/c1-9-11-13-15-27-33-77-121-93-61-45-85(46-62-93)105(113)125-97-69-53-89(54-70-97)109(117)129-101-41-39-43-103(83-101)131-111(119)91-57-73-99(74-58-91)127-107(115)87-49-65-95(66-50-87)123-79-35-29-23-19-17-21-25-31-37-81-135(3,4)133-137(7,8)134-136(5,6)82-38-32-26-22-18-20-24-30-36-80-124-96-67-51-88(52-68-96)108(116)128-100-75-59-92(60-76-100)112(120)132-104-44-40-42-102(84-104)130-110(118)90-55-71-98(72-56-90)126-106(114)86-47-63-94(64-48-86)122-78-34-28-16-14-12-10-2/h39-76,83-84H,9-38,77-82H2,1-8H3. The van der Waals surface area contributed by atoms with Crippen molar-refractivity contribution in [1.82, 2.24) is 0 Å². The highest BCUT2D eigenvalue weighted by molar-refractivity contribution is 6.87. The largest absolute Gasteiger partial charge is 0.494 e. The molecule has 0 aliphatic heterocycles. The maximum absolute atomic E-state index is 13.1. The number of ether oxygens (including phenoxy) is 12. The highest BCUT2D eigenvalue weighted by Crippen LogP contribution is 2.32. The van der Waals surface area contributed by atoms with Crippen LogP contribution in [0, 0.1) is 0 Å². The number of unbranched alkanes of at least 4 members (excludes halogenated alkanes) is 26. The fraction of sp³-hybridized carbons (Fsp3) is 0.393. The van der Waals surface area contributed by atoms with Gasteiger partial charge in [0.15, 0.2) is 16.6 Å². The van der Waals surface area contributed by atoms with Crippen molar-refractivity contribution >= 4 is 73.0 Å². The highest BCUT2D eigenvalue weighted by Gasteiger charge is 2.39. The Labute approximate surface area is 811 Å². The molecule has 0 aliphatic rings. The van der Waals surface area contributed by atoms with Crippen LogP contribution in [0.4, 0.5) is 0 Å². The molecule has 0 atom stereocenters. The van der Waals surface area contributed by atoms with Crippen molar-refractivity contribution in [2.75, 3.05) is 26.4 Å². The number of carbonyl (C=O) groups excluding carboxylic acids is 8. The van der Waals surface area contributed by atoms with Gasteiger partial charge in [-0.2, -0.15) is 0 Å². The van der Waals surface area contributed by atoms with Crippen molar-refractivity contribution in [3.8, 4) is 69.0 Å². The molecular formula is C112H136O22Si3. The van der Waals surface area contributed by atoms with Crippen LogP contribution in [0.15, 0.2) is 243 Å². The van der Waals surface area contributed by atoms with Crippen LogP contribution < -0.4 is 56.8 Å². The number of benzene rings is 10. The van der Waals surface area contributed by atoms with E-state index in [1.807, 2.05) is 0 Å². The van der Waals surface area contributed by atoms with E-state index in [4.69, 9.17) is 65.1 Å². The van der Waals surface area contributed by atoms with Crippen LogP contribution in [0.25, 0.3) is 0 Å². The Kier molecular flexibility index (Phi) is 45.0. The van der Waals surface area contributed by atoms with E-state index < -0.39 is 73.0 Å². The summed E-state index contributed by atoms with van der Waals surface area (Å²) in [5, 5.41) is 0. The SMILES string of the molecule is CCCCCCCCOc1ccc(C(=O)Oc2ccc(C(=O)Oc3cccc(OC(=O)c4ccc(OC(=O)c5ccc(OCCCCCCCCCCC[Si](C)(C)O[Si](C)(C)O[Si](C)(C)CCCCCCCCCCCOc6ccc(C(=O)Oc7ccc(C(=O)Oc8cccc(OC(=O)c9ccc(OC(=O)c%10ccc(OCCCCCCCC)cc%10)cc9)c8)cc7)cc6)cc5)cc4)c3)cc2)cc1. The third-order valence-corrected chi connectivity index (χ3v) is 34.4. The summed E-state index contributed by atoms with van der Waals surface area (Å²) < 4.78 is 82.2. The average molecular weight is 1920 g/mol. The lowest BCUT2D eigenvalue weighted by molar-refractivity contribution is 0.0711. The topological polar surface area (TPSA) is 266 Å². The van der Waals surface area contributed by atoms with Crippen LogP contribution in [0.2, 0.25) is 51.4 Å². The Hall–Kier alpha value is -12.3. The van der Waals surface area contributed by atoms with Gasteiger partial charge < -0.3 is 65.1 Å². The predicted molar refractivity (Wildman–Crippen MR) is 540 cm³/mol. The Morgan fingerprint density at radius 3 is 0.540 bits per heavy atom. The van der Waals surface area contributed by atoms with E-state index in [9.17, 15) is 38.4 Å². The molecule has 10 aromatic rings. The van der Waals surface area contributed by atoms with E-state index in [2.05, 4.69) is 53.1 Å². The number of carbonyl (C=O) groups is 8. The van der Waals surface area contributed by atoms with Gasteiger partial charge in [-0.25, -0.2) is 38.4 Å². The molecule has 0 N–H and O–H groups in total. The second kappa shape index (κ2) is 57.7. The van der Waals surface area contributed by atoms with E-state index in [1.165, 1.54) is 250 Å². The molecule has 137 heavy (non-hydrogen) atoms. The molecule has 0 bridgehead atoms. The first-order valence-corrected chi connectivity index (χ1v) is 58.1. The molecule has 0 amide bonds. The molecule has 10 aromatic carbocycles. The minimum atomic E-state index is -2.29. The molecular weight excluding hydrogens is 1780 g/mol. The molecule has 0 spiro atoms. The molecule has 0 aromatic heterocycles. The molecule has 0 unspecified atom stereocenters. The average Bonchev–Trinajstić information content (AvgIpc) is 0.737. The summed E-state index contributed by atoms with van der Waals surface area (Å²) in [5.74, 6) is -0.643. The van der Waals surface area contributed by atoms with E-state index in [1.54, 1.807) is 133 Å². The molecule has 0 saturated carbocycles. The maximum Gasteiger partial charge on any atom is 0.343 e. The Balaban J connectivity index is 0.490. The summed E-state index contributed by atoms with van der Waals surface area (Å²) in [7, 11) is -6.05. The number of hydrogen-bond acceptors (Lipinski definition) is 22. The molecule has 0 radical (unpaired) electrons. The van der Waals surface area contributed by atoms with Gasteiger partial charge in [0.2, 0.25) is 0 Å². The summed E-state index contributed by atoms with van der Waals surface area (Å²) in [6.07, 6.45) is 35.2. The van der Waals surface area contributed by atoms with Crippen LogP contribution in [0.5, 0.6) is 69.0 Å². The Morgan fingerprint density at radius 1 is 0.190 bits per heavy atom. The van der Waals surface area contributed by atoms with E-state index in [-0.39, 0.29) is 68.2 Å². The minimum absolute atomic E-state index is 0.140. The molecule has 0 saturated heterocycles. The van der Waals surface area contributed by atoms with Gasteiger partial charge in [0.25, 0.3) is 0 Å². The quantitative estimate of drug-likeness (QED) is 0.0148. The lowest BCUT2D eigenvalue weighted by Gasteiger charge is -2.39. The fourth-order valence-corrected chi connectivity index (χ4v) is 29.9. The second-order valence-electron chi connectivity index (χ2n) is 36.2. The molecule has 10 rings (SSSR count). The number of rotatable bonds is 62. The van der Waals surface area contributed by atoms with Crippen molar-refractivity contribution in [2.24, 2.45) is 0 Å². The van der Waals surface area contributed by atoms with Gasteiger partial charge in [0.1, 0.15) is 69.0 Å². The zero-order valence-corrected chi connectivity index (χ0v) is 84.0. The van der Waals surface area contributed by atoms with Crippen molar-refractivity contribution in [1.29, 1.82) is 0 Å². The van der Waals surface area contributed by atoms with E-state index in [0.29, 0.717) is 71.7 Å². The second-order valence-corrected chi connectivity index (χ2v) is 48.6. The predicted octanol–water partition coefficient (Wildman–Crippen LogP) is 28.5. The summed E-state index contributed by atoms with van der Waals surface area (Å²) >= 11 is 0. The first kappa shape index (κ1) is 107. The lowest BCUT2D eigenvalue weighted by atomic mass is 10.1. The first-order valence-electron chi connectivity index (χ1n) is 49.0. The lowest BCUT2D eigenvalue weighted by Crippen LogP contribution is -2.52. The van der Waals surface area contributed by atoms with Gasteiger partial charge in [0.05, 0.1) is 70.9 Å². The van der Waals surface area contributed by atoms with Gasteiger partial charge in [-0.15, -0.1) is 0 Å². The molecule has 0 heterocycles. The zero-order valence-electron chi connectivity index (χ0n) is 81.0. The summed E-state index contributed by atoms with van der Waals surface area (Å²) in [6.45, 7) is 20.8. The summed E-state index contributed by atoms with van der Waals surface area (Å²) in [5.41, 5.74) is 2.23. The van der Waals surface area contributed by atoms with E-state index >= 15 is 0 Å². The van der Waals surface area contributed by atoms with Crippen LogP contribution in [0.1, 0.15) is 289 Å². The van der Waals surface area contributed by atoms with E-state index in [0.717, 1.165) is 63.5 Å². The fourth-order valence-electron chi connectivity index (χ4n) is 15.7. The van der Waals surface area contributed by atoms with Crippen molar-refractivity contribution in [2.45, 2.75) is 258 Å². The van der Waals surface area contributed by atoms with Crippen LogP contribution >= 0.6 is 0 Å². The van der Waals surface area contributed by atoms with Crippen LogP contribution in [0.3, 0.4) is 0 Å². The van der Waals surface area contributed by atoms with Crippen molar-refractivity contribution < 1.29 is 103 Å². The Bertz CT molecular complexity index is 5020. The third-order valence-electron chi connectivity index (χ3n) is 23.0. The Morgan fingerprint density at radius 2 is 0.350 bits per heavy atom. The maximum atomic E-state index is 13.1. The normalized spacial score (nSPS) is 11.4. The van der Waals surface area contributed by atoms with Crippen LogP contribution in [-0.2, 0) is 8.23 Å². The first-order chi connectivity index (χ1) is 66.3. The number of esters is 8. The monoisotopic (exact) mass is 1920 g/mol. The minimum Gasteiger partial charge on any atom is -0.494 e. The van der Waals surface area contributed by atoms with Gasteiger partial charge in [-0.05, 0) is 295 Å². The zero-order chi connectivity index (χ0) is 97.3. The number of hydrogen-bond donors (Lipinski definition) is 0. The van der Waals surface area contributed by atoms with Gasteiger partial charge in [-0.1, -0.05) is 193 Å².